The van der Waals surface area contributed by atoms with Crippen LogP contribution in [0.25, 0.3) is 0 Å². The van der Waals surface area contributed by atoms with E-state index in [4.69, 9.17) is 0 Å². The van der Waals surface area contributed by atoms with Crippen LogP contribution in [0.3, 0.4) is 0 Å². The maximum absolute atomic E-state index is 13.7. The molecule has 2 rings (SSSR count). The Morgan fingerprint density at radius 1 is 1.29 bits per heavy atom. The topological polar surface area (TPSA) is 80.4 Å². The van der Waals surface area contributed by atoms with E-state index in [1.165, 1.54) is 6.07 Å². The number of carboxylic acids is 1. The number of hydrogen-bond acceptors (Lipinski definition) is 3. The van der Waals surface area contributed by atoms with Gasteiger partial charge in [-0.05, 0) is 30.9 Å². The minimum atomic E-state index is -0.910. The van der Waals surface area contributed by atoms with Gasteiger partial charge in [-0.15, -0.1) is 0 Å². The highest BCUT2D eigenvalue weighted by Gasteiger charge is 2.38. The van der Waals surface area contributed by atoms with E-state index in [2.05, 4.69) is 0 Å². The average molecular weight is 295 g/mol. The van der Waals surface area contributed by atoms with Crippen LogP contribution in [0.5, 0.6) is 0 Å². The fourth-order valence-electron chi connectivity index (χ4n) is 3.07. The molecule has 0 aromatic heterocycles. The standard InChI is InChI=1S/C15H18FNO4/c16-12-9-11(5-6-13(12)17(20)21)10-15(14(18)19)7-3-1-2-4-8-15/h5-6,9H,1-4,7-8,10H2,(H,18,19). The van der Waals surface area contributed by atoms with Crippen molar-refractivity contribution in [2.24, 2.45) is 5.41 Å². The van der Waals surface area contributed by atoms with E-state index < -0.39 is 27.8 Å². The summed E-state index contributed by atoms with van der Waals surface area (Å²) in [5.41, 5.74) is -0.953. The van der Waals surface area contributed by atoms with Crippen molar-refractivity contribution < 1.29 is 19.2 Å². The Morgan fingerprint density at radius 2 is 1.90 bits per heavy atom. The van der Waals surface area contributed by atoms with Crippen LogP contribution >= 0.6 is 0 Å². The van der Waals surface area contributed by atoms with E-state index >= 15 is 0 Å². The second-order valence-electron chi connectivity index (χ2n) is 5.72. The number of carbonyl (C=O) groups is 1. The normalized spacial score (nSPS) is 18.0. The first-order chi connectivity index (χ1) is 9.94. The van der Waals surface area contributed by atoms with Gasteiger partial charge in [-0.3, -0.25) is 14.9 Å². The highest BCUT2D eigenvalue weighted by molar-refractivity contribution is 5.75. The monoisotopic (exact) mass is 295 g/mol. The third-order valence-corrected chi connectivity index (χ3v) is 4.27. The molecule has 0 heterocycles. The number of hydrogen-bond donors (Lipinski definition) is 1. The SMILES string of the molecule is O=C(O)C1(Cc2ccc([N+](=O)[O-])c(F)c2)CCCCCC1. The molecule has 1 aromatic rings. The number of nitro benzene ring substituents is 1. The van der Waals surface area contributed by atoms with Crippen LogP contribution in [-0.2, 0) is 11.2 Å². The highest BCUT2D eigenvalue weighted by atomic mass is 19.1. The summed E-state index contributed by atoms with van der Waals surface area (Å²) >= 11 is 0. The van der Waals surface area contributed by atoms with Gasteiger partial charge in [0.05, 0.1) is 10.3 Å². The highest BCUT2D eigenvalue weighted by Crippen LogP contribution is 2.39. The Bertz CT molecular complexity index is 551. The lowest BCUT2D eigenvalue weighted by Gasteiger charge is -2.28. The van der Waals surface area contributed by atoms with E-state index in [1.807, 2.05) is 0 Å². The first-order valence-electron chi connectivity index (χ1n) is 7.11. The van der Waals surface area contributed by atoms with Gasteiger partial charge in [0.15, 0.2) is 0 Å². The fourth-order valence-corrected chi connectivity index (χ4v) is 3.07. The van der Waals surface area contributed by atoms with Crippen molar-refractivity contribution in [3.63, 3.8) is 0 Å². The van der Waals surface area contributed by atoms with Crippen molar-refractivity contribution in [3.8, 4) is 0 Å². The zero-order valence-corrected chi connectivity index (χ0v) is 11.7. The van der Waals surface area contributed by atoms with Gasteiger partial charge < -0.3 is 5.11 Å². The quantitative estimate of drug-likeness (QED) is 0.521. The van der Waals surface area contributed by atoms with Gasteiger partial charge >= 0.3 is 11.7 Å². The molecule has 0 bridgehead atoms. The Hall–Kier alpha value is -1.98. The number of aliphatic carboxylic acids is 1. The molecule has 5 nitrogen and oxygen atoms in total. The molecule has 0 spiro atoms. The van der Waals surface area contributed by atoms with Crippen LogP contribution in [0.1, 0.15) is 44.1 Å². The van der Waals surface area contributed by atoms with Crippen molar-refractivity contribution in [2.75, 3.05) is 0 Å². The summed E-state index contributed by atoms with van der Waals surface area (Å²) in [6, 6.07) is 3.65. The molecule has 0 amide bonds. The molecule has 114 valence electrons. The van der Waals surface area contributed by atoms with Crippen LogP contribution in [0.15, 0.2) is 18.2 Å². The fraction of sp³-hybridized carbons (Fsp3) is 0.533. The molecule has 1 N–H and O–H groups in total. The van der Waals surface area contributed by atoms with Gasteiger partial charge in [-0.1, -0.05) is 31.7 Å². The van der Waals surface area contributed by atoms with Gasteiger partial charge in [0.1, 0.15) is 0 Å². The number of rotatable bonds is 4. The van der Waals surface area contributed by atoms with E-state index in [-0.39, 0.29) is 6.42 Å². The van der Waals surface area contributed by atoms with E-state index in [9.17, 15) is 24.4 Å². The number of nitrogens with zero attached hydrogens (tertiary/aromatic N) is 1. The van der Waals surface area contributed by atoms with E-state index in [0.717, 1.165) is 37.8 Å². The van der Waals surface area contributed by atoms with Crippen LogP contribution in [-0.4, -0.2) is 16.0 Å². The molecule has 0 aliphatic heterocycles. The molecule has 0 unspecified atom stereocenters. The van der Waals surface area contributed by atoms with Crippen molar-refractivity contribution >= 4 is 11.7 Å². The predicted molar refractivity (Wildman–Crippen MR) is 74.5 cm³/mol. The lowest BCUT2D eigenvalue weighted by atomic mass is 9.75. The molecule has 1 saturated carbocycles. The summed E-state index contributed by atoms with van der Waals surface area (Å²) in [7, 11) is 0. The van der Waals surface area contributed by atoms with E-state index in [1.54, 1.807) is 0 Å². The Labute approximate surface area is 121 Å². The van der Waals surface area contributed by atoms with Crippen molar-refractivity contribution in [3.05, 3.63) is 39.7 Å². The van der Waals surface area contributed by atoms with E-state index in [0.29, 0.717) is 18.4 Å². The van der Waals surface area contributed by atoms with Crippen molar-refractivity contribution in [1.82, 2.24) is 0 Å². The maximum Gasteiger partial charge on any atom is 0.309 e. The zero-order chi connectivity index (χ0) is 15.5. The van der Waals surface area contributed by atoms with Crippen LogP contribution in [0.2, 0.25) is 0 Å². The first kappa shape index (κ1) is 15.4. The van der Waals surface area contributed by atoms with Gasteiger partial charge in [0.25, 0.3) is 0 Å². The molecule has 1 fully saturated rings. The minimum absolute atomic E-state index is 0.219. The average Bonchev–Trinajstić information content (AvgIpc) is 2.65. The Balaban J connectivity index is 2.26. The van der Waals surface area contributed by atoms with Gasteiger partial charge in [0, 0.05) is 6.07 Å². The summed E-state index contributed by atoms with van der Waals surface area (Å²) < 4.78 is 13.7. The lowest BCUT2D eigenvalue weighted by Crippen LogP contribution is -2.33. The number of benzene rings is 1. The summed E-state index contributed by atoms with van der Waals surface area (Å²) in [6.07, 6.45) is 5.09. The van der Waals surface area contributed by atoms with Crippen molar-refractivity contribution in [1.29, 1.82) is 0 Å². The van der Waals surface area contributed by atoms with Gasteiger partial charge in [0.2, 0.25) is 5.82 Å². The zero-order valence-electron chi connectivity index (χ0n) is 11.7. The van der Waals surface area contributed by atoms with Crippen molar-refractivity contribution in [2.45, 2.75) is 44.9 Å². The summed E-state index contributed by atoms with van der Waals surface area (Å²) in [6.45, 7) is 0. The smallest absolute Gasteiger partial charge is 0.309 e. The predicted octanol–water partition coefficient (Wildman–Crippen LogP) is 3.70. The summed E-state index contributed by atoms with van der Waals surface area (Å²) in [4.78, 5) is 21.5. The maximum atomic E-state index is 13.7. The molecule has 0 radical (unpaired) electrons. The summed E-state index contributed by atoms with van der Waals surface area (Å²) in [5, 5.41) is 20.2. The number of nitro groups is 1. The molecular weight excluding hydrogens is 277 g/mol. The van der Waals surface area contributed by atoms with Gasteiger partial charge in [-0.2, -0.15) is 4.39 Å². The molecule has 21 heavy (non-hydrogen) atoms. The van der Waals surface area contributed by atoms with Gasteiger partial charge in [-0.25, -0.2) is 0 Å². The molecule has 0 saturated heterocycles. The molecular formula is C15H18FNO4. The third kappa shape index (κ3) is 3.37. The van der Waals surface area contributed by atoms with Crippen LogP contribution in [0.4, 0.5) is 10.1 Å². The molecule has 0 atom stereocenters. The number of halogens is 1. The number of carboxylic acid groups (broad SMARTS) is 1. The van der Waals surface area contributed by atoms with Crippen LogP contribution in [0, 0.1) is 21.3 Å². The second-order valence-corrected chi connectivity index (χ2v) is 5.72. The third-order valence-electron chi connectivity index (χ3n) is 4.27. The molecule has 1 aliphatic carbocycles. The lowest BCUT2D eigenvalue weighted by molar-refractivity contribution is -0.387. The second kappa shape index (κ2) is 6.20. The first-order valence-corrected chi connectivity index (χ1v) is 7.11. The summed E-state index contributed by atoms with van der Waals surface area (Å²) in [5.74, 6) is -1.77. The Morgan fingerprint density at radius 3 is 2.38 bits per heavy atom. The largest absolute Gasteiger partial charge is 0.481 e. The minimum Gasteiger partial charge on any atom is -0.481 e. The Kier molecular flexibility index (Phi) is 4.55. The molecule has 1 aliphatic rings. The molecule has 1 aromatic carbocycles. The van der Waals surface area contributed by atoms with Crippen LogP contribution < -0.4 is 0 Å². The molecule has 6 heteroatoms.